The largest absolute Gasteiger partial charge is 0.494 e. The monoisotopic (exact) mass is 301 g/mol. The molecule has 1 aromatic carbocycles. The summed E-state index contributed by atoms with van der Waals surface area (Å²) in [6.45, 7) is 5.04. The molecule has 1 fully saturated rings. The number of sulfonamides is 1. The predicted molar refractivity (Wildman–Crippen MR) is 74.7 cm³/mol. The molecule has 1 aliphatic heterocycles. The van der Waals surface area contributed by atoms with Crippen LogP contribution in [0.3, 0.4) is 0 Å². The molecular formula is C14H20FNO3S. The first-order valence-corrected chi connectivity index (χ1v) is 8.04. The number of benzene rings is 1. The van der Waals surface area contributed by atoms with Crippen molar-refractivity contribution < 1.29 is 17.5 Å². The van der Waals surface area contributed by atoms with Gasteiger partial charge in [0.05, 0.1) is 12.0 Å². The van der Waals surface area contributed by atoms with Gasteiger partial charge in [0.1, 0.15) is 0 Å². The molecule has 0 saturated carbocycles. The molecule has 20 heavy (non-hydrogen) atoms. The number of hydrogen-bond acceptors (Lipinski definition) is 3. The maximum Gasteiger partial charge on any atom is 0.243 e. The summed E-state index contributed by atoms with van der Waals surface area (Å²) in [5.41, 5.74) is -0.0453. The van der Waals surface area contributed by atoms with Crippen molar-refractivity contribution in [1.29, 1.82) is 0 Å². The topological polar surface area (TPSA) is 46.6 Å². The van der Waals surface area contributed by atoms with E-state index < -0.39 is 15.8 Å². The van der Waals surface area contributed by atoms with Crippen LogP contribution in [0.1, 0.15) is 26.7 Å². The van der Waals surface area contributed by atoms with Crippen LogP contribution in [0.25, 0.3) is 0 Å². The van der Waals surface area contributed by atoms with Crippen LogP contribution in [0.2, 0.25) is 0 Å². The SMILES string of the molecule is COc1ccc(S(=O)(=O)N2CCCC(C)(C)C2)cc1F. The molecule has 0 aromatic heterocycles. The Morgan fingerprint density at radius 3 is 2.60 bits per heavy atom. The van der Waals surface area contributed by atoms with E-state index in [9.17, 15) is 12.8 Å². The first kappa shape index (κ1) is 15.3. The highest BCUT2D eigenvalue weighted by atomic mass is 32.2. The van der Waals surface area contributed by atoms with Crippen molar-refractivity contribution in [2.45, 2.75) is 31.6 Å². The van der Waals surface area contributed by atoms with Crippen LogP contribution < -0.4 is 4.74 Å². The lowest BCUT2D eigenvalue weighted by Gasteiger charge is -2.37. The van der Waals surface area contributed by atoms with Crippen molar-refractivity contribution in [2.24, 2.45) is 5.41 Å². The highest BCUT2D eigenvalue weighted by Gasteiger charge is 2.34. The van der Waals surface area contributed by atoms with Crippen molar-refractivity contribution in [1.82, 2.24) is 4.31 Å². The summed E-state index contributed by atoms with van der Waals surface area (Å²) in [7, 11) is -2.30. The fourth-order valence-corrected chi connectivity index (χ4v) is 4.21. The van der Waals surface area contributed by atoms with Crippen LogP contribution in [-0.4, -0.2) is 32.9 Å². The standard InChI is InChI=1S/C14H20FNO3S/c1-14(2)7-4-8-16(10-14)20(17,18)11-5-6-13(19-3)12(15)9-11/h5-6,9H,4,7-8,10H2,1-3H3. The van der Waals surface area contributed by atoms with Gasteiger partial charge in [0.15, 0.2) is 11.6 Å². The van der Waals surface area contributed by atoms with Gasteiger partial charge in [-0.25, -0.2) is 12.8 Å². The van der Waals surface area contributed by atoms with Crippen molar-refractivity contribution in [3.8, 4) is 5.75 Å². The summed E-state index contributed by atoms with van der Waals surface area (Å²) < 4.78 is 45.0. The third-order valence-electron chi connectivity index (χ3n) is 3.63. The molecule has 0 atom stereocenters. The summed E-state index contributed by atoms with van der Waals surface area (Å²) in [6, 6.07) is 3.76. The van der Waals surface area contributed by atoms with E-state index in [4.69, 9.17) is 4.74 Å². The minimum atomic E-state index is -3.64. The molecule has 0 N–H and O–H groups in total. The van der Waals surface area contributed by atoms with Crippen LogP contribution in [0.15, 0.2) is 23.1 Å². The quantitative estimate of drug-likeness (QED) is 0.862. The average molecular weight is 301 g/mol. The van der Waals surface area contributed by atoms with Crippen LogP contribution in [0, 0.1) is 11.2 Å². The number of rotatable bonds is 3. The third kappa shape index (κ3) is 2.96. The lowest BCUT2D eigenvalue weighted by Crippen LogP contribution is -2.43. The van der Waals surface area contributed by atoms with Gasteiger partial charge in [-0.15, -0.1) is 0 Å². The average Bonchev–Trinajstić information content (AvgIpc) is 2.37. The second kappa shape index (κ2) is 5.33. The molecule has 112 valence electrons. The summed E-state index contributed by atoms with van der Waals surface area (Å²) >= 11 is 0. The van der Waals surface area contributed by atoms with E-state index in [1.807, 2.05) is 13.8 Å². The van der Waals surface area contributed by atoms with E-state index >= 15 is 0 Å². The van der Waals surface area contributed by atoms with Gasteiger partial charge in [0.2, 0.25) is 10.0 Å². The molecule has 2 rings (SSSR count). The van der Waals surface area contributed by atoms with E-state index in [0.29, 0.717) is 13.1 Å². The van der Waals surface area contributed by atoms with Crippen molar-refractivity contribution in [3.05, 3.63) is 24.0 Å². The van der Waals surface area contributed by atoms with Gasteiger partial charge in [0, 0.05) is 13.1 Å². The zero-order chi connectivity index (χ0) is 15.0. The lowest BCUT2D eigenvalue weighted by molar-refractivity contribution is 0.187. The molecule has 0 aliphatic carbocycles. The molecule has 0 spiro atoms. The normalized spacial score (nSPS) is 19.8. The molecule has 6 heteroatoms. The highest BCUT2D eigenvalue weighted by molar-refractivity contribution is 7.89. The minimum absolute atomic E-state index is 0.0199. The second-order valence-electron chi connectivity index (χ2n) is 5.90. The molecular weight excluding hydrogens is 281 g/mol. The number of nitrogens with zero attached hydrogens (tertiary/aromatic N) is 1. The van der Waals surface area contributed by atoms with Crippen LogP contribution in [-0.2, 0) is 10.0 Å². The maximum atomic E-state index is 13.7. The Bertz CT molecular complexity index is 598. The molecule has 1 aromatic rings. The molecule has 0 radical (unpaired) electrons. The molecule has 1 aliphatic rings. The van der Waals surface area contributed by atoms with Gasteiger partial charge < -0.3 is 4.74 Å². The molecule has 1 saturated heterocycles. The second-order valence-corrected chi connectivity index (χ2v) is 7.84. The number of ether oxygens (including phenoxy) is 1. The van der Waals surface area contributed by atoms with Crippen molar-refractivity contribution >= 4 is 10.0 Å². The van der Waals surface area contributed by atoms with Gasteiger partial charge in [-0.2, -0.15) is 4.31 Å². The van der Waals surface area contributed by atoms with Gasteiger partial charge in [-0.3, -0.25) is 0 Å². The molecule has 1 heterocycles. The Balaban J connectivity index is 2.33. The van der Waals surface area contributed by atoms with E-state index in [2.05, 4.69) is 0 Å². The highest BCUT2D eigenvalue weighted by Crippen LogP contribution is 2.32. The van der Waals surface area contributed by atoms with E-state index in [1.165, 1.54) is 23.5 Å². The fraction of sp³-hybridized carbons (Fsp3) is 0.571. The fourth-order valence-electron chi connectivity index (χ4n) is 2.53. The summed E-state index contributed by atoms with van der Waals surface area (Å²) in [5, 5.41) is 0. The molecule has 0 bridgehead atoms. The number of hydrogen-bond donors (Lipinski definition) is 0. The lowest BCUT2D eigenvalue weighted by atomic mass is 9.85. The maximum absolute atomic E-state index is 13.7. The number of halogens is 1. The van der Waals surface area contributed by atoms with E-state index in [-0.39, 0.29) is 16.1 Å². The number of methoxy groups -OCH3 is 1. The summed E-state index contributed by atoms with van der Waals surface area (Å²) in [4.78, 5) is -0.0199. The predicted octanol–water partition coefficient (Wildman–Crippen LogP) is 2.65. The Labute approximate surface area is 119 Å². The number of piperidine rings is 1. The van der Waals surface area contributed by atoms with Crippen molar-refractivity contribution in [2.75, 3.05) is 20.2 Å². The first-order chi connectivity index (χ1) is 9.26. The smallest absolute Gasteiger partial charge is 0.243 e. The zero-order valence-corrected chi connectivity index (χ0v) is 12.8. The molecule has 0 amide bonds. The van der Waals surface area contributed by atoms with Gasteiger partial charge in [-0.1, -0.05) is 13.8 Å². The zero-order valence-electron chi connectivity index (χ0n) is 12.0. The minimum Gasteiger partial charge on any atom is -0.494 e. The molecule has 4 nitrogen and oxygen atoms in total. The van der Waals surface area contributed by atoms with Crippen LogP contribution in [0.4, 0.5) is 4.39 Å². The van der Waals surface area contributed by atoms with Crippen molar-refractivity contribution in [3.63, 3.8) is 0 Å². The summed E-state index contributed by atoms with van der Waals surface area (Å²) in [5.74, 6) is -0.618. The van der Waals surface area contributed by atoms with E-state index in [1.54, 1.807) is 0 Å². The van der Waals surface area contributed by atoms with Gasteiger partial charge in [-0.05, 0) is 36.5 Å². The third-order valence-corrected chi connectivity index (χ3v) is 5.47. The van der Waals surface area contributed by atoms with Crippen LogP contribution >= 0.6 is 0 Å². The van der Waals surface area contributed by atoms with Gasteiger partial charge in [0.25, 0.3) is 0 Å². The molecule has 0 unspecified atom stereocenters. The Morgan fingerprint density at radius 1 is 1.35 bits per heavy atom. The van der Waals surface area contributed by atoms with Gasteiger partial charge >= 0.3 is 0 Å². The van der Waals surface area contributed by atoms with E-state index in [0.717, 1.165) is 18.9 Å². The summed E-state index contributed by atoms with van der Waals surface area (Å²) in [6.07, 6.45) is 1.82. The van der Waals surface area contributed by atoms with Crippen LogP contribution in [0.5, 0.6) is 5.75 Å². The Morgan fingerprint density at radius 2 is 2.05 bits per heavy atom. The first-order valence-electron chi connectivity index (χ1n) is 6.60. The Kier molecular flexibility index (Phi) is 4.07. The Hall–Kier alpha value is -1.14.